The number of hydrogen-bond donors (Lipinski definition) is 2. The Bertz CT molecular complexity index is 483. The van der Waals surface area contributed by atoms with Gasteiger partial charge in [-0.15, -0.1) is 0 Å². The van der Waals surface area contributed by atoms with Crippen molar-refractivity contribution in [1.29, 1.82) is 0 Å². The van der Waals surface area contributed by atoms with Crippen LogP contribution in [0.4, 0.5) is 4.39 Å². The minimum atomic E-state index is -3.79. The highest BCUT2D eigenvalue weighted by Gasteiger charge is 2.20. The Kier molecular flexibility index (Phi) is 4.62. The third kappa shape index (κ3) is 3.49. The molecule has 1 rings (SSSR count). The second-order valence-electron chi connectivity index (χ2n) is 3.82. The summed E-state index contributed by atoms with van der Waals surface area (Å²) in [4.78, 5) is -0.0931. The van der Waals surface area contributed by atoms with Gasteiger partial charge >= 0.3 is 0 Å². The molecule has 0 fully saturated rings. The number of nitrogens with one attached hydrogen (secondary N) is 1. The van der Waals surface area contributed by atoms with Crippen molar-refractivity contribution >= 4 is 10.0 Å². The van der Waals surface area contributed by atoms with Crippen LogP contribution in [0.1, 0.15) is 18.9 Å². The zero-order chi connectivity index (χ0) is 13.1. The maximum absolute atomic E-state index is 13.0. The van der Waals surface area contributed by atoms with Gasteiger partial charge in [-0.2, -0.15) is 0 Å². The molecular formula is C11H16FNO3S. The molecule has 0 aromatic heterocycles. The van der Waals surface area contributed by atoms with Crippen molar-refractivity contribution in [3.63, 3.8) is 0 Å². The normalized spacial score (nSPS) is 13.6. The van der Waals surface area contributed by atoms with E-state index in [2.05, 4.69) is 4.72 Å². The van der Waals surface area contributed by atoms with Crippen LogP contribution in [0.25, 0.3) is 0 Å². The molecule has 0 aliphatic rings. The number of aryl methyl sites for hydroxylation is 1. The Hall–Kier alpha value is -0.980. The van der Waals surface area contributed by atoms with Gasteiger partial charge in [-0.05, 0) is 31.0 Å². The number of aliphatic hydroxyl groups excluding tert-OH is 1. The molecule has 1 atom stereocenters. The van der Waals surface area contributed by atoms with Gasteiger partial charge in [0, 0.05) is 6.04 Å². The van der Waals surface area contributed by atoms with E-state index in [1.54, 1.807) is 13.8 Å². The van der Waals surface area contributed by atoms with Gasteiger partial charge < -0.3 is 5.11 Å². The molecule has 6 heteroatoms. The Morgan fingerprint density at radius 3 is 2.65 bits per heavy atom. The van der Waals surface area contributed by atoms with E-state index in [0.717, 1.165) is 6.07 Å². The molecule has 0 radical (unpaired) electrons. The van der Waals surface area contributed by atoms with E-state index < -0.39 is 21.9 Å². The minimum Gasteiger partial charge on any atom is -0.395 e. The van der Waals surface area contributed by atoms with Crippen molar-refractivity contribution < 1.29 is 17.9 Å². The average Bonchev–Trinajstić information content (AvgIpc) is 2.29. The number of rotatable bonds is 5. The summed E-state index contributed by atoms with van der Waals surface area (Å²) in [7, 11) is -3.79. The molecule has 0 saturated heterocycles. The summed E-state index contributed by atoms with van der Waals surface area (Å²) >= 11 is 0. The molecule has 2 N–H and O–H groups in total. The van der Waals surface area contributed by atoms with E-state index >= 15 is 0 Å². The van der Waals surface area contributed by atoms with Gasteiger partial charge in [0.15, 0.2) is 0 Å². The average molecular weight is 261 g/mol. The molecule has 0 spiro atoms. The zero-order valence-corrected chi connectivity index (χ0v) is 10.6. The van der Waals surface area contributed by atoms with Crippen LogP contribution in [0, 0.1) is 12.7 Å². The monoisotopic (exact) mass is 261 g/mol. The smallest absolute Gasteiger partial charge is 0.241 e. The maximum Gasteiger partial charge on any atom is 0.241 e. The summed E-state index contributed by atoms with van der Waals surface area (Å²) in [6.45, 7) is 3.06. The molecule has 0 aliphatic heterocycles. The Morgan fingerprint density at radius 2 is 2.12 bits per heavy atom. The van der Waals surface area contributed by atoms with Gasteiger partial charge in [0.25, 0.3) is 0 Å². The number of aliphatic hydroxyl groups is 1. The maximum atomic E-state index is 13.0. The fraction of sp³-hybridized carbons (Fsp3) is 0.455. The van der Waals surface area contributed by atoms with Crippen molar-refractivity contribution in [1.82, 2.24) is 4.72 Å². The molecule has 96 valence electrons. The first-order valence-electron chi connectivity index (χ1n) is 5.30. The van der Waals surface area contributed by atoms with Crippen LogP contribution in [0.2, 0.25) is 0 Å². The highest BCUT2D eigenvalue weighted by molar-refractivity contribution is 7.89. The molecule has 0 bridgehead atoms. The fourth-order valence-corrected chi connectivity index (χ4v) is 2.96. The minimum absolute atomic E-state index is 0.0931. The van der Waals surface area contributed by atoms with Gasteiger partial charge in [-0.3, -0.25) is 0 Å². The third-order valence-corrected chi connectivity index (χ3v) is 4.14. The molecule has 4 nitrogen and oxygen atoms in total. The Labute approximate surface area is 101 Å². The standard InChI is InChI=1S/C11H16FNO3S/c1-3-10(7-14)13-17(15,16)11-6-9(12)5-4-8(11)2/h4-6,10,13-14H,3,7H2,1-2H3/t10-/m0/s1. The first kappa shape index (κ1) is 14.1. The van der Waals surface area contributed by atoms with Crippen LogP contribution in [-0.2, 0) is 10.0 Å². The Morgan fingerprint density at radius 1 is 1.47 bits per heavy atom. The van der Waals surface area contributed by atoms with Gasteiger partial charge in [-0.25, -0.2) is 17.5 Å². The van der Waals surface area contributed by atoms with Crippen LogP contribution in [-0.4, -0.2) is 26.2 Å². The Balaban J connectivity index is 3.09. The number of sulfonamides is 1. The van der Waals surface area contributed by atoms with Gasteiger partial charge in [-0.1, -0.05) is 13.0 Å². The highest BCUT2D eigenvalue weighted by Crippen LogP contribution is 2.16. The van der Waals surface area contributed by atoms with E-state index in [1.807, 2.05) is 0 Å². The lowest BCUT2D eigenvalue weighted by Gasteiger charge is -2.15. The zero-order valence-electron chi connectivity index (χ0n) is 9.77. The SMILES string of the molecule is CC[C@@H](CO)NS(=O)(=O)c1cc(F)ccc1C. The molecule has 0 saturated carbocycles. The molecule has 1 aromatic rings. The number of benzene rings is 1. The van der Waals surface area contributed by atoms with Crippen LogP contribution in [0.15, 0.2) is 23.1 Å². The lowest BCUT2D eigenvalue weighted by molar-refractivity contribution is 0.254. The second kappa shape index (κ2) is 5.57. The van der Waals surface area contributed by atoms with Crippen LogP contribution >= 0.6 is 0 Å². The third-order valence-electron chi connectivity index (χ3n) is 2.47. The first-order chi connectivity index (χ1) is 7.90. The van der Waals surface area contributed by atoms with Crippen molar-refractivity contribution in [3.8, 4) is 0 Å². The fourth-order valence-electron chi connectivity index (χ4n) is 1.40. The summed E-state index contributed by atoms with van der Waals surface area (Å²) in [6.07, 6.45) is 0.462. The van der Waals surface area contributed by atoms with Crippen LogP contribution in [0.5, 0.6) is 0 Å². The molecule has 1 aromatic carbocycles. The number of halogens is 1. The molecule has 0 unspecified atom stereocenters. The molecule has 0 amide bonds. The van der Waals surface area contributed by atoms with Crippen molar-refractivity contribution in [2.24, 2.45) is 0 Å². The molecule has 0 aliphatic carbocycles. The first-order valence-corrected chi connectivity index (χ1v) is 6.78. The lowest BCUT2D eigenvalue weighted by Crippen LogP contribution is -2.37. The van der Waals surface area contributed by atoms with Gasteiger partial charge in [0.1, 0.15) is 5.82 Å². The summed E-state index contributed by atoms with van der Waals surface area (Å²) in [5.74, 6) is -0.604. The van der Waals surface area contributed by atoms with Crippen molar-refractivity contribution in [3.05, 3.63) is 29.6 Å². The van der Waals surface area contributed by atoms with Crippen LogP contribution in [0.3, 0.4) is 0 Å². The quantitative estimate of drug-likeness (QED) is 0.836. The van der Waals surface area contributed by atoms with E-state index in [4.69, 9.17) is 5.11 Å². The van der Waals surface area contributed by atoms with Gasteiger partial charge in [0.2, 0.25) is 10.0 Å². The van der Waals surface area contributed by atoms with Gasteiger partial charge in [0.05, 0.1) is 11.5 Å². The summed E-state index contributed by atoms with van der Waals surface area (Å²) in [5, 5.41) is 8.96. The van der Waals surface area contributed by atoms with E-state index in [1.165, 1.54) is 12.1 Å². The topological polar surface area (TPSA) is 66.4 Å². The highest BCUT2D eigenvalue weighted by atomic mass is 32.2. The molecule has 17 heavy (non-hydrogen) atoms. The van der Waals surface area contributed by atoms with E-state index in [0.29, 0.717) is 12.0 Å². The largest absolute Gasteiger partial charge is 0.395 e. The van der Waals surface area contributed by atoms with Crippen LogP contribution < -0.4 is 4.72 Å². The molecular weight excluding hydrogens is 245 g/mol. The second-order valence-corrected chi connectivity index (χ2v) is 5.50. The van der Waals surface area contributed by atoms with E-state index in [9.17, 15) is 12.8 Å². The lowest BCUT2D eigenvalue weighted by atomic mass is 10.2. The predicted octanol–water partition coefficient (Wildman–Crippen LogP) is 1.18. The number of hydrogen-bond acceptors (Lipinski definition) is 3. The summed E-state index contributed by atoms with van der Waals surface area (Å²) in [5.41, 5.74) is 0.465. The predicted molar refractivity (Wildman–Crippen MR) is 62.6 cm³/mol. The molecule has 0 heterocycles. The summed E-state index contributed by atoms with van der Waals surface area (Å²) in [6, 6.07) is 3.03. The van der Waals surface area contributed by atoms with E-state index in [-0.39, 0.29) is 11.5 Å². The van der Waals surface area contributed by atoms with Crippen molar-refractivity contribution in [2.45, 2.75) is 31.2 Å². The summed E-state index contributed by atoms with van der Waals surface area (Å²) < 4.78 is 39.3. The van der Waals surface area contributed by atoms with Crippen molar-refractivity contribution in [2.75, 3.05) is 6.61 Å².